The van der Waals surface area contributed by atoms with Crippen molar-refractivity contribution in [2.24, 2.45) is 0 Å². The zero-order chi connectivity index (χ0) is 15.1. The maximum Gasteiger partial charge on any atom is 0.222 e. The molecule has 21 heavy (non-hydrogen) atoms. The van der Waals surface area contributed by atoms with Gasteiger partial charge < -0.3 is 14.7 Å². The van der Waals surface area contributed by atoms with Crippen LogP contribution in [0.3, 0.4) is 0 Å². The van der Waals surface area contributed by atoms with Crippen LogP contribution in [0.4, 0.5) is 5.69 Å². The number of hydrogen-bond acceptors (Lipinski definition) is 3. The van der Waals surface area contributed by atoms with Crippen molar-refractivity contribution < 1.29 is 4.79 Å². The molecular weight excluding hydrogens is 262 g/mol. The van der Waals surface area contributed by atoms with Crippen molar-refractivity contribution in [3.8, 4) is 0 Å². The first-order chi connectivity index (χ1) is 10.2. The first-order valence-electron chi connectivity index (χ1n) is 7.89. The molecule has 4 nitrogen and oxygen atoms in total. The maximum absolute atomic E-state index is 12.2. The predicted octanol–water partition coefficient (Wildman–Crippen LogP) is 2.07. The summed E-state index contributed by atoms with van der Waals surface area (Å²) in [5.74, 6) is 0.321. The summed E-state index contributed by atoms with van der Waals surface area (Å²) < 4.78 is 0. The number of piperazine rings is 1. The van der Waals surface area contributed by atoms with Gasteiger partial charge in [0.2, 0.25) is 5.91 Å². The lowest BCUT2D eigenvalue weighted by atomic mass is 10.2. The molecule has 0 aliphatic carbocycles. The smallest absolute Gasteiger partial charge is 0.222 e. The van der Waals surface area contributed by atoms with Gasteiger partial charge in [-0.05, 0) is 45.6 Å². The summed E-state index contributed by atoms with van der Waals surface area (Å²) in [6.07, 6.45) is 2.79. The van der Waals surface area contributed by atoms with Gasteiger partial charge in [-0.25, -0.2) is 0 Å². The molecule has 0 atom stereocenters. The summed E-state index contributed by atoms with van der Waals surface area (Å²) >= 11 is 0. The summed E-state index contributed by atoms with van der Waals surface area (Å²) in [5, 5.41) is 0. The van der Waals surface area contributed by atoms with E-state index in [0.717, 1.165) is 45.6 Å². The van der Waals surface area contributed by atoms with Gasteiger partial charge >= 0.3 is 0 Å². The fourth-order valence-corrected chi connectivity index (χ4v) is 2.72. The van der Waals surface area contributed by atoms with Crippen LogP contribution in [-0.2, 0) is 4.79 Å². The second-order valence-electron chi connectivity index (χ2n) is 5.96. The highest BCUT2D eigenvalue weighted by Crippen LogP contribution is 2.16. The Morgan fingerprint density at radius 3 is 2.33 bits per heavy atom. The number of unbranched alkanes of at least 4 members (excludes halogenated alkanes) is 1. The highest BCUT2D eigenvalue weighted by molar-refractivity contribution is 5.76. The van der Waals surface area contributed by atoms with E-state index in [0.29, 0.717) is 12.3 Å². The zero-order valence-electron chi connectivity index (χ0n) is 13.3. The van der Waals surface area contributed by atoms with Gasteiger partial charge in [-0.3, -0.25) is 4.79 Å². The highest BCUT2D eigenvalue weighted by Gasteiger charge is 2.20. The maximum atomic E-state index is 12.2. The lowest BCUT2D eigenvalue weighted by molar-refractivity contribution is -0.131. The Hall–Kier alpha value is -1.55. The van der Waals surface area contributed by atoms with Crippen LogP contribution in [-0.4, -0.2) is 62.5 Å². The van der Waals surface area contributed by atoms with E-state index in [1.54, 1.807) is 0 Å². The normalized spacial score (nSPS) is 15.6. The molecule has 116 valence electrons. The monoisotopic (exact) mass is 289 g/mol. The molecule has 0 saturated carbocycles. The Balaban J connectivity index is 1.70. The lowest BCUT2D eigenvalue weighted by Crippen LogP contribution is -2.48. The van der Waals surface area contributed by atoms with Gasteiger partial charge in [-0.2, -0.15) is 0 Å². The molecule has 2 rings (SSSR count). The van der Waals surface area contributed by atoms with E-state index in [1.807, 2.05) is 11.0 Å². The van der Waals surface area contributed by atoms with Crippen molar-refractivity contribution in [3.05, 3.63) is 30.3 Å². The summed E-state index contributed by atoms with van der Waals surface area (Å²) in [7, 11) is 4.15. The summed E-state index contributed by atoms with van der Waals surface area (Å²) in [5.41, 5.74) is 1.26. The molecule has 1 fully saturated rings. The van der Waals surface area contributed by atoms with Gasteiger partial charge in [0.05, 0.1) is 0 Å². The van der Waals surface area contributed by atoms with E-state index in [-0.39, 0.29) is 0 Å². The van der Waals surface area contributed by atoms with Crippen LogP contribution in [0.2, 0.25) is 0 Å². The minimum absolute atomic E-state index is 0.321. The molecule has 0 N–H and O–H groups in total. The van der Waals surface area contributed by atoms with Gasteiger partial charge in [-0.15, -0.1) is 0 Å². The second kappa shape index (κ2) is 8.03. The highest BCUT2D eigenvalue weighted by atomic mass is 16.2. The standard InChI is InChI=1S/C17H27N3O/c1-18(2)11-7-6-10-17(21)20-14-12-19(13-15-20)16-8-4-3-5-9-16/h3-5,8-9H,6-7,10-15H2,1-2H3. The van der Waals surface area contributed by atoms with E-state index < -0.39 is 0 Å². The third kappa shape index (κ3) is 5.05. The van der Waals surface area contributed by atoms with Crippen LogP contribution < -0.4 is 4.90 Å². The Kier molecular flexibility index (Phi) is 6.05. The number of carbonyl (C=O) groups excluding carboxylic acids is 1. The number of benzene rings is 1. The Morgan fingerprint density at radius 2 is 1.71 bits per heavy atom. The molecule has 1 amide bonds. The molecule has 1 heterocycles. The topological polar surface area (TPSA) is 26.8 Å². The summed E-state index contributed by atoms with van der Waals surface area (Å²) in [4.78, 5) is 18.7. The predicted molar refractivity (Wildman–Crippen MR) is 87.6 cm³/mol. The molecule has 0 spiro atoms. The number of hydrogen-bond donors (Lipinski definition) is 0. The number of carbonyl (C=O) groups is 1. The number of anilines is 1. The Labute approximate surface area is 128 Å². The average Bonchev–Trinajstić information content (AvgIpc) is 2.52. The number of para-hydroxylation sites is 1. The minimum atomic E-state index is 0.321. The molecule has 4 heteroatoms. The lowest BCUT2D eigenvalue weighted by Gasteiger charge is -2.36. The molecule has 0 unspecified atom stereocenters. The van der Waals surface area contributed by atoms with Gasteiger partial charge in [0.25, 0.3) is 0 Å². The third-order valence-electron chi connectivity index (χ3n) is 4.00. The largest absolute Gasteiger partial charge is 0.368 e. The molecule has 1 aliphatic rings. The van der Waals surface area contributed by atoms with E-state index >= 15 is 0 Å². The van der Waals surface area contributed by atoms with Crippen LogP contribution in [0.5, 0.6) is 0 Å². The minimum Gasteiger partial charge on any atom is -0.368 e. The third-order valence-corrected chi connectivity index (χ3v) is 4.00. The molecule has 0 bridgehead atoms. The summed E-state index contributed by atoms with van der Waals surface area (Å²) in [6, 6.07) is 10.4. The van der Waals surface area contributed by atoms with E-state index in [4.69, 9.17) is 0 Å². The number of nitrogens with zero attached hydrogens (tertiary/aromatic N) is 3. The summed E-state index contributed by atoms with van der Waals surface area (Å²) in [6.45, 7) is 4.64. The molecule has 1 aromatic rings. The first-order valence-corrected chi connectivity index (χ1v) is 7.89. The first kappa shape index (κ1) is 15.8. The fourth-order valence-electron chi connectivity index (χ4n) is 2.72. The van der Waals surface area contributed by atoms with E-state index in [9.17, 15) is 4.79 Å². The molecule has 0 aromatic heterocycles. The molecule has 1 aliphatic heterocycles. The zero-order valence-corrected chi connectivity index (χ0v) is 13.3. The van der Waals surface area contributed by atoms with Crippen molar-refractivity contribution in [2.75, 3.05) is 51.7 Å². The number of rotatable bonds is 6. The van der Waals surface area contributed by atoms with E-state index in [1.165, 1.54) is 5.69 Å². The molecule has 1 aromatic carbocycles. The SMILES string of the molecule is CN(C)CCCCC(=O)N1CCN(c2ccccc2)CC1. The van der Waals surface area contributed by atoms with Gasteiger partial charge in [0.15, 0.2) is 0 Å². The van der Waals surface area contributed by atoms with Gasteiger partial charge in [0.1, 0.15) is 0 Å². The Bertz CT molecular complexity index is 425. The molecule has 1 saturated heterocycles. The Morgan fingerprint density at radius 1 is 1.05 bits per heavy atom. The van der Waals surface area contributed by atoms with Crippen LogP contribution in [0.25, 0.3) is 0 Å². The molecular formula is C17H27N3O. The van der Waals surface area contributed by atoms with Crippen LogP contribution in [0.1, 0.15) is 19.3 Å². The molecule has 0 radical (unpaired) electrons. The van der Waals surface area contributed by atoms with Crippen LogP contribution >= 0.6 is 0 Å². The van der Waals surface area contributed by atoms with Crippen molar-refractivity contribution in [1.29, 1.82) is 0 Å². The number of amides is 1. The van der Waals surface area contributed by atoms with Crippen molar-refractivity contribution >= 4 is 11.6 Å². The van der Waals surface area contributed by atoms with E-state index in [2.05, 4.69) is 48.2 Å². The van der Waals surface area contributed by atoms with Gasteiger partial charge in [-0.1, -0.05) is 18.2 Å². The van der Waals surface area contributed by atoms with Crippen molar-refractivity contribution in [1.82, 2.24) is 9.80 Å². The fraction of sp³-hybridized carbons (Fsp3) is 0.588. The quantitative estimate of drug-likeness (QED) is 0.750. The van der Waals surface area contributed by atoms with Crippen molar-refractivity contribution in [3.63, 3.8) is 0 Å². The van der Waals surface area contributed by atoms with Gasteiger partial charge in [0, 0.05) is 38.3 Å². The van der Waals surface area contributed by atoms with Crippen molar-refractivity contribution in [2.45, 2.75) is 19.3 Å². The second-order valence-corrected chi connectivity index (χ2v) is 5.96. The average molecular weight is 289 g/mol. The van der Waals surface area contributed by atoms with Crippen LogP contribution in [0.15, 0.2) is 30.3 Å². The van der Waals surface area contributed by atoms with Crippen LogP contribution in [0, 0.1) is 0 Å².